The fourth-order valence-corrected chi connectivity index (χ4v) is 5.41. The Morgan fingerprint density at radius 3 is 2.10 bits per heavy atom. The number of imide groups is 1. The van der Waals surface area contributed by atoms with Gasteiger partial charge in [-0.2, -0.15) is 0 Å². The van der Waals surface area contributed by atoms with Gasteiger partial charge >= 0.3 is 0 Å². The number of amides is 2. The lowest BCUT2D eigenvalue weighted by atomic mass is 9.85. The van der Waals surface area contributed by atoms with Gasteiger partial charge in [0, 0.05) is 4.47 Å². The van der Waals surface area contributed by atoms with Crippen molar-refractivity contribution < 1.29 is 9.59 Å². The van der Waals surface area contributed by atoms with Crippen molar-refractivity contribution in [2.75, 3.05) is 4.90 Å². The lowest BCUT2D eigenvalue weighted by Gasteiger charge is -2.22. The zero-order valence-electron chi connectivity index (χ0n) is 11.3. The molecule has 2 amide bonds. The minimum absolute atomic E-state index is 0.0000231. The smallest absolute Gasteiger partial charge is 0.238 e. The largest absolute Gasteiger partial charge is 0.274 e. The first-order chi connectivity index (χ1) is 10.1. The third-order valence-corrected chi connectivity index (χ3v) is 6.62. The van der Waals surface area contributed by atoms with Crippen molar-refractivity contribution in [3.63, 3.8) is 0 Å². The van der Waals surface area contributed by atoms with Gasteiger partial charge in [-0.15, -0.1) is 0 Å². The fourth-order valence-electron chi connectivity index (χ4n) is 4.95. The number of allylic oxidation sites excluding steroid dienone is 2. The number of carbonyl (C=O) groups is 2. The van der Waals surface area contributed by atoms with E-state index in [4.69, 9.17) is 0 Å². The van der Waals surface area contributed by atoms with Crippen LogP contribution in [0.15, 0.2) is 40.9 Å². The van der Waals surface area contributed by atoms with Gasteiger partial charge < -0.3 is 0 Å². The Bertz CT molecular complexity index is 687. The highest BCUT2D eigenvalue weighted by atomic mass is 79.9. The molecule has 0 N–H and O–H groups in total. The number of benzene rings is 1. The molecule has 2 bridgehead atoms. The average Bonchev–Trinajstić information content (AvgIpc) is 3.07. The monoisotopic (exact) mass is 343 g/mol. The molecule has 3 fully saturated rings. The van der Waals surface area contributed by atoms with Gasteiger partial charge in [0.05, 0.1) is 17.5 Å². The first kappa shape index (κ1) is 12.2. The average molecular weight is 344 g/mol. The molecule has 0 aromatic heterocycles. The zero-order chi connectivity index (χ0) is 14.4. The molecular weight excluding hydrogens is 330 g/mol. The quantitative estimate of drug-likeness (QED) is 0.580. The summed E-state index contributed by atoms with van der Waals surface area (Å²) < 4.78 is 0.799. The van der Waals surface area contributed by atoms with Crippen LogP contribution in [0.4, 0.5) is 5.69 Å². The molecule has 1 saturated heterocycles. The maximum Gasteiger partial charge on any atom is 0.238 e. The Morgan fingerprint density at radius 2 is 1.57 bits per heavy atom. The highest BCUT2D eigenvalue weighted by Crippen LogP contribution is 2.73. The maximum atomic E-state index is 12.9. The maximum absolute atomic E-state index is 12.9. The van der Waals surface area contributed by atoms with Crippen LogP contribution < -0.4 is 4.90 Å². The van der Waals surface area contributed by atoms with Crippen LogP contribution in [0.3, 0.4) is 0 Å². The number of halogens is 1. The molecule has 5 rings (SSSR count). The van der Waals surface area contributed by atoms with Crippen LogP contribution >= 0.6 is 15.9 Å². The Balaban J connectivity index is 1.61. The highest BCUT2D eigenvalue weighted by Gasteiger charge is 2.73. The fraction of sp³-hybridized carbons (Fsp3) is 0.412. The van der Waals surface area contributed by atoms with Gasteiger partial charge in [-0.3, -0.25) is 9.59 Å². The van der Waals surface area contributed by atoms with Crippen molar-refractivity contribution in [2.24, 2.45) is 29.1 Å². The normalized spacial score (nSPS) is 37.7. The van der Waals surface area contributed by atoms with Crippen molar-refractivity contribution in [3.8, 4) is 0 Å². The summed E-state index contributed by atoms with van der Waals surface area (Å²) in [5.74, 6) is 0.331. The minimum atomic E-state index is -0.123. The Labute approximate surface area is 131 Å². The molecule has 1 aromatic carbocycles. The van der Waals surface area contributed by atoms with E-state index in [0.717, 1.165) is 4.47 Å². The van der Waals surface area contributed by atoms with Gasteiger partial charge in [0.25, 0.3) is 0 Å². The van der Waals surface area contributed by atoms with Crippen LogP contribution in [0.2, 0.25) is 0 Å². The summed E-state index contributed by atoms with van der Waals surface area (Å²) in [7, 11) is 0. The van der Waals surface area contributed by atoms with Crippen molar-refractivity contribution in [2.45, 2.75) is 12.8 Å². The Hall–Kier alpha value is -1.42. The first-order valence-corrected chi connectivity index (χ1v) is 8.25. The number of rotatable bonds is 1. The van der Waals surface area contributed by atoms with Crippen LogP contribution in [0.5, 0.6) is 0 Å². The summed E-state index contributed by atoms with van der Waals surface area (Å²) in [4.78, 5) is 27.2. The molecular formula is C17H14BrNO2. The van der Waals surface area contributed by atoms with E-state index in [2.05, 4.69) is 28.1 Å². The molecule has 3 nitrogen and oxygen atoms in total. The van der Waals surface area contributed by atoms with E-state index >= 15 is 0 Å². The predicted octanol–water partition coefficient (Wildman–Crippen LogP) is 3.15. The zero-order valence-corrected chi connectivity index (χ0v) is 12.9. The van der Waals surface area contributed by atoms with Gasteiger partial charge in [0.2, 0.25) is 11.8 Å². The predicted molar refractivity (Wildman–Crippen MR) is 81.4 cm³/mol. The molecule has 1 aliphatic heterocycles. The first-order valence-electron chi connectivity index (χ1n) is 7.46. The number of nitrogens with zero attached hydrogens (tertiary/aromatic N) is 1. The SMILES string of the molecule is O=C1[C@@H]2[C@@H](C(=O)N1c1ccccc1Br)[C@@H]1C=C[C@H]2C12CC2. The second-order valence-electron chi connectivity index (χ2n) is 6.68. The molecule has 1 heterocycles. The number of hydrogen-bond donors (Lipinski definition) is 0. The van der Waals surface area contributed by atoms with Crippen molar-refractivity contribution in [1.82, 2.24) is 0 Å². The number of fused-ring (bicyclic) bond motifs is 3. The molecule has 4 heteroatoms. The molecule has 21 heavy (non-hydrogen) atoms. The topological polar surface area (TPSA) is 37.4 Å². The Morgan fingerprint density at radius 1 is 1.00 bits per heavy atom. The van der Waals surface area contributed by atoms with Crippen molar-refractivity contribution in [1.29, 1.82) is 0 Å². The van der Waals surface area contributed by atoms with Crippen LogP contribution in [-0.2, 0) is 9.59 Å². The summed E-state index contributed by atoms with van der Waals surface area (Å²) in [6.07, 6.45) is 6.76. The second kappa shape index (κ2) is 3.67. The molecule has 2 saturated carbocycles. The number of para-hydroxylation sites is 1. The molecule has 4 atom stereocenters. The van der Waals surface area contributed by atoms with Gasteiger partial charge in [-0.05, 0) is 58.2 Å². The minimum Gasteiger partial charge on any atom is -0.274 e. The third kappa shape index (κ3) is 1.26. The van der Waals surface area contributed by atoms with E-state index in [1.54, 1.807) is 0 Å². The molecule has 1 aromatic rings. The molecule has 0 unspecified atom stereocenters. The molecule has 1 spiro atoms. The van der Waals surface area contributed by atoms with Crippen LogP contribution in [0, 0.1) is 29.1 Å². The summed E-state index contributed by atoms with van der Waals surface area (Å²) in [6, 6.07) is 7.47. The van der Waals surface area contributed by atoms with Crippen LogP contribution in [0.25, 0.3) is 0 Å². The lowest BCUT2D eigenvalue weighted by Crippen LogP contribution is -2.34. The van der Waals surface area contributed by atoms with E-state index in [1.807, 2.05) is 24.3 Å². The van der Waals surface area contributed by atoms with Gasteiger partial charge in [0.1, 0.15) is 0 Å². The molecule has 0 radical (unpaired) electrons. The molecule has 4 aliphatic rings. The van der Waals surface area contributed by atoms with Crippen molar-refractivity contribution >= 4 is 33.4 Å². The molecule has 106 valence electrons. The number of hydrogen-bond acceptors (Lipinski definition) is 2. The van der Waals surface area contributed by atoms with E-state index < -0.39 is 0 Å². The number of anilines is 1. The number of carbonyl (C=O) groups excluding carboxylic acids is 2. The standard InChI is InChI=1S/C17H14BrNO2/c18-11-3-1-2-4-12(11)19-15(20)13-9-5-6-10(14(13)16(19)21)17(9)7-8-17/h1-6,9-10,13-14H,7-8H2/t9-,10+,13-,14-/m0/s1. The van der Waals surface area contributed by atoms with E-state index in [0.29, 0.717) is 5.69 Å². The summed E-state index contributed by atoms with van der Waals surface area (Å²) in [6.45, 7) is 0. The summed E-state index contributed by atoms with van der Waals surface area (Å²) >= 11 is 3.46. The summed E-state index contributed by atoms with van der Waals surface area (Å²) in [5.41, 5.74) is 0.951. The van der Waals surface area contributed by atoms with Gasteiger partial charge in [0.15, 0.2) is 0 Å². The highest BCUT2D eigenvalue weighted by molar-refractivity contribution is 9.10. The van der Waals surface area contributed by atoms with E-state index in [-0.39, 0.29) is 40.9 Å². The van der Waals surface area contributed by atoms with E-state index in [9.17, 15) is 9.59 Å². The second-order valence-corrected chi connectivity index (χ2v) is 7.54. The van der Waals surface area contributed by atoms with Crippen LogP contribution in [0.1, 0.15) is 12.8 Å². The van der Waals surface area contributed by atoms with Gasteiger partial charge in [-0.25, -0.2) is 4.90 Å². The third-order valence-electron chi connectivity index (χ3n) is 5.95. The van der Waals surface area contributed by atoms with Crippen molar-refractivity contribution in [3.05, 3.63) is 40.9 Å². The summed E-state index contributed by atoms with van der Waals surface area (Å²) in [5, 5.41) is 0. The van der Waals surface area contributed by atoms with Crippen LogP contribution in [-0.4, -0.2) is 11.8 Å². The molecule has 3 aliphatic carbocycles. The van der Waals surface area contributed by atoms with Gasteiger partial charge in [-0.1, -0.05) is 24.3 Å². The van der Waals surface area contributed by atoms with E-state index in [1.165, 1.54) is 17.7 Å². The lowest BCUT2D eigenvalue weighted by molar-refractivity contribution is -0.123. The Kier molecular flexibility index (Phi) is 2.12.